The van der Waals surface area contributed by atoms with E-state index in [2.05, 4.69) is 15.9 Å². The third-order valence-corrected chi connectivity index (χ3v) is 2.19. The highest BCUT2D eigenvalue weighted by molar-refractivity contribution is 9.10. The second-order valence-electron chi connectivity index (χ2n) is 3.44. The van der Waals surface area contributed by atoms with E-state index in [-0.39, 0.29) is 18.5 Å². The minimum absolute atomic E-state index is 0.00838. The Morgan fingerprint density at radius 3 is 2.67 bits per heavy atom. The van der Waals surface area contributed by atoms with Gasteiger partial charge in [-0.1, -0.05) is 15.9 Å². The maximum absolute atomic E-state index is 13.0. The molecule has 4 heteroatoms. The van der Waals surface area contributed by atoms with E-state index in [0.717, 1.165) is 0 Å². The predicted molar refractivity (Wildman–Crippen MR) is 59.5 cm³/mol. The van der Waals surface area contributed by atoms with Crippen LogP contribution in [0.1, 0.15) is 24.2 Å². The van der Waals surface area contributed by atoms with Gasteiger partial charge in [-0.25, -0.2) is 4.39 Å². The molecular formula is C11H12BrFO2. The van der Waals surface area contributed by atoms with Gasteiger partial charge in [0.05, 0.1) is 6.10 Å². The predicted octanol–water partition coefficient (Wildman–Crippen LogP) is 3.20. The van der Waals surface area contributed by atoms with Crippen molar-refractivity contribution in [3.05, 3.63) is 34.1 Å². The van der Waals surface area contributed by atoms with Gasteiger partial charge in [0.25, 0.3) is 0 Å². The van der Waals surface area contributed by atoms with Gasteiger partial charge in [-0.3, -0.25) is 4.79 Å². The largest absolute Gasteiger partial charge is 0.371 e. The molecule has 1 aromatic rings. The fourth-order valence-corrected chi connectivity index (χ4v) is 1.51. The number of halogens is 2. The smallest absolute Gasteiger partial charge is 0.188 e. The molecule has 15 heavy (non-hydrogen) atoms. The zero-order chi connectivity index (χ0) is 11.4. The van der Waals surface area contributed by atoms with Crippen LogP contribution in [-0.4, -0.2) is 18.5 Å². The third kappa shape index (κ3) is 4.10. The van der Waals surface area contributed by atoms with Crippen molar-refractivity contribution in [1.29, 1.82) is 0 Å². The Balaban J connectivity index is 2.73. The highest BCUT2D eigenvalue weighted by Gasteiger charge is 2.09. The van der Waals surface area contributed by atoms with Crippen molar-refractivity contribution in [2.24, 2.45) is 0 Å². The van der Waals surface area contributed by atoms with Crippen LogP contribution in [-0.2, 0) is 4.74 Å². The molecule has 82 valence electrons. The van der Waals surface area contributed by atoms with Crippen molar-refractivity contribution in [2.45, 2.75) is 20.0 Å². The van der Waals surface area contributed by atoms with Crippen LogP contribution in [0.2, 0.25) is 0 Å². The Hall–Kier alpha value is -0.740. The molecule has 0 bridgehead atoms. The van der Waals surface area contributed by atoms with Gasteiger partial charge in [-0.05, 0) is 32.0 Å². The SMILES string of the molecule is CC(C)OCC(=O)c1cc(F)cc(Br)c1. The number of Topliss-reactive ketones (excluding diaryl/α,β-unsaturated/α-hetero) is 1. The first-order chi connectivity index (χ1) is 6.99. The van der Waals surface area contributed by atoms with Gasteiger partial charge in [0.2, 0.25) is 0 Å². The summed E-state index contributed by atoms with van der Waals surface area (Å²) in [6.07, 6.45) is -0.00838. The van der Waals surface area contributed by atoms with E-state index < -0.39 is 5.82 Å². The van der Waals surface area contributed by atoms with E-state index in [1.54, 1.807) is 6.07 Å². The van der Waals surface area contributed by atoms with Gasteiger partial charge < -0.3 is 4.74 Å². The average Bonchev–Trinajstić information content (AvgIpc) is 2.12. The fourth-order valence-electron chi connectivity index (χ4n) is 1.04. The molecule has 1 aromatic carbocycles. The Kier molecular flexibility index (Phi) is 4.42. The number of carbonyl (C=O) groups is 1. The van der Waals surface area contributed by atoms with Gasteiger partial charge in [0.1, 0.15) is 12.4 Å². The minimum atomic E-state index is -0.433. The first-order valence-corrected chi connectivity index (χ1v) is 5.39. The van der Waals surface area contributed by atoms with Crippen molar-refractivity contribution in [2.75, 3.05) is 6.61 Å². The van der Waals surface area contributed by atoms with Gasteiger partial charge in [0, 0.05) is 10.0 Å². The normalized spacial score (nSPS) is 10.7. The molecule has 0 spiro atoms. The fraction of sp³-hybridized carbons (Fsp3) is 0.364. The summed E-state index contributed by atoms with van der Waals surface area (Å²) in [7, 11) is 0. The summed E-state index contributed by atoms with van der Waals surface area (Å²) in [6, 6.07) is 4.09. The van der Waals surface area contributed by atoms with Crippen molar-refractivity contribution in [3.8, 4) is 0 Å². The quantitative estimate of drug-likeness (QED) is 0.789. The second-order valence-corrected chi connectivity index (χ2v) is 4.36. The summed E-state index contributed by atoms with van der Waals surface area (Å²) < 4.78 is 18.7. The standard InChI is InChI=1S/C11H12BrFO2/c1-7(2)15-6-11(14)8-3-9(12)5-10(13)4-8/h3-5,7H,6H2,1-2H3. The number of hydrogen-bond donors (Lipinski definition) is 0. The van der Waals surface area contributed by atoms with Crippen LogP contribution in [0, 0.1) is 5.82 Å². The Bertz CT molecular complexity index is 343. The van der Waals surface area contributed by atoms with E-state index in [1.165, 1.54) is 12.1 Å². The maximum atomic E-state index is 13.0. The second kappa shape index (κ2) is 5.37. The highest BCUT2D eigenvalue weighted by atomic mass is 79.9. The van der Waals surface area contributed by atoms with E-state index >= 15 is 0 Å². The van der Waals surface area contributed by atoms with Crippen molar-refractivity contribution in [1.82, 2.24) is 0 Å². The Morgan fingerprint density at radius 2 is 2.13 bits per heavy atom. The lowest BCUT2D eigenvalue weighted by atomic mass is 10.1. The number of carbonyl (C=O) groups excluding carboxylic acids is 1. The van der Waals surface area contributed by atoms with Crippen LogP contribution in [0.3, 0.4) is 0 Å². The number of benzene rings is 1. The third-order valence-electron chi connectivity index (χ3n) is 1.73. The minimum Gasteiger partial charge on any atom is -0.371 e. The number of ether oxygens (including phenoxy) is 1. The molecule has 0 unspecified atom stereocenters. The first kappa shape index (κ1) is 12.3. The molecule has 2 nitrogen and oxygen atoms in total. The Labute approximate surface area is 96.6 Å². The van der Waals surface area contributed by atoms with Crippen molar-refractivity contribution >= 4 is 21.7 Å². The summed E-state index contributed by atoms with van der Waals surface area (Å²) in [6.45, 7) is 3.66. The molecule has 0 aliphatic rings. The zero-order valence-corrected chi connectivity index (χ0v) is 10.2. The van der Waals surface area contributed by atoms with Crippen LogP contribution >= 0.6 is 15.9 Å². The van der Waals surface area contributed by atoms with E-state index in [9.17, 15) is 9.18 Å². The summed E-state index contributed by atoms with van der Waals surface area (Å²) in [5.74, 6) is -0.652. The monoisotopic (exact) mass is 274 g/mol. The van der Waals surface area contributed by atoms with Gasteiger partial charge in [0.15, 0.2) is 5.78 Å². The van der Waals surface area contributed by atoms with Gasteiger partial charge in [-0.2, -0.15) is 0 Å². The molecule has 0 radical (unpaired) electrons. The molecule has 0 atom stereocenters. The van der Waals surface area contributed by atoms with E-state index in [4.69, 9.17) is 4.74 Å². The summed E-state index contributed by atoms with van der Waals surface area (Å²) >= 11 is 3.13. The molecule has 0 heterocycles. The van der Waals surface area contributed by atoms with Crippen LogP contribution in [0.5, 0.6) is 0 Å². The van der Waals surface area contributed by atoms with Crippen LogP contribution in [0.25, 0.3) is 0 Å². The lowest BCUT2D eigenvalue weighted by Crippen LogP contribution is -2.13. The topological polar surface area (TPSA) is 26.3 Å². The molecule has 0 aliphatic carbocycles. The van der Waals surface area contributed by atoms with Crippen LogP contribution in [0.15, 0.2) is 22.7 Å². The summed E-state index contributed by atoms with van der Waals surface area (Å²) in [5.41, 5.74) is 0.322. The molecule has 0 aliphatic heterocycles. The lowest BCUT2D eigenvalue weighted by Gasteiger charge is -2.06. The zero-order valence-electron chi connectivity index (χ0n) is 8.59. The van der Waals surface area contributed by atoms with Crippen molar-refractivity contribution in [3.63, 3.8) is 0 Å². The first-order valence-electron chi connectivity index (χ1n) is 4.60. The van der Waals surface area contributed by atoms with Crippen molar-refractivity contribution < 1.29 is 13.9 Å². The average molecular weight is 275 g/mol. The maximum Gasteiger partial charge on any atom is 0.188 e. The van der Waals surface area contributed by atoms with E-state index in [0.29, 0.717) is 10.0 Å². The van der Waals surface area contributed by atoms with Crippen LogP contribution < -0.4 is 0 Å². The molecule has 0 saturated carbocycles. The molecule has 0 saturated heterocycles. The summed E-state index contributed by atoms with van der Waals surface area (Å²) in [5, 5.41) is 0. The van der Waals surface area contributed by atoms with Gasteiger partial charge >= 0.3 is 0 Å². The number of ketones is 1. The molecule has 0 amide bonds. The summed E-state index contributed by atoms with van der Waals surface area (Å²) in [4.78, 5) is 11.5. The molecule has 1 rings (SSSR count). The lowest BCUT2D eigenvalue weighted by molar-refractivity contribution is 0.0584. The molecule has 0 aromatic heterocycles. The molecular weight excluding hydrogens is 263 g/mol. The van der Waals surface area contributed by atoms with Gasteiger partial charge in [-0.15, -0.1) is 0 Å². The molecule has 0 N–H and O–H groups in total. The van der Waals surface area contributed by atoms with Crippen LogP contribution in [0.4, 0.5) is 4.39 Å². The molecule has 0 fully saturated rings. The number of hydrogen-bond acceptors (Lipinski definition) is 2. The number of rotatable bonds is 4. The van der Waals surface area contributed by atoms with E-state index in [1.807, 2.05) is 13.8 Å². The Morgan fingerprint density at radius 1 is 1.47 bits per heavy atom. The highest BCUT2D eigenvalue weighted by Crippen LogP contribution is 2.15.